The van der Waals surface area contributed by atoms with Crippen LogP contribution in [0.1, 0.15) is 16.1 Å². The van der Waals surface area contributed by atoms with Crippen LogP contribution in [0.3, 0.4) is 0 Å². The lowest BCUT2D eigenvalue weighted by molar-refractivity contribution is 0.100. The first-order valence-corrected chi connectivity index (χ1v) is 7.40. The fourth-order valence-corrected chi connectivity index (χ4v) is 2.32. The second kappa shape index (κ2) is 6.87. The van der Waals surface area contributed by atoms with Gasteiger partial charge in [-0.1, -0.05) is 35.5 Å². The Balaban J connectivity index is 1.75. The quantitative estimate of drug-likeness (QED) is 0.727. The number of amides is 1. The average Bonchev–Trinajstić information content (AvgIpc) is 3.09. The lowest BCUT2D eigenvalue weighted by atomic mass is 10.1. The summed E-state index contributed by atoms with van der Waals surface area (Å²) in [5.74, 6) is 0.787. The summed E-state index contributed by atoms with van der Waals surface area (Å²) < 4.78 is 10.6. The van der Waals surface area contributed by atoms with Crippen LogP contribution in [-0.2, 0) is 6.54 Å². The fourth-order valence-electron chi connectivity index (χ4n) is 2.32. The number of methoxy groups -OCH3 is 1. The van der Waals surface area contributed by atoms with Gasteiger partial charge in [-0.3, -0.25) is 4.79 Å². The Labute approximate surface area is 139 Å². The Morgan fingerprint density at radius 3 is 2.71 bits per heavy atom. The molecule has 122 valence electrons. The molecule has 3 aromatic rings. The SMILES string of the molecule is COc1ccc(C(N)=O)cc1NCc1cc(-c2ccccc2)no1. The minimum atomic E-state index is -0.494. The summed E-state index contributed by atoms with van der Waals surface area (Å²) >= 11 is 0. The van der Waals surface area contributed by atoms with Crippen LogP contribution in [-0.4, -0.2) is 18.2 Å². The van der Waals surface area contributed by atoms with Gasteiger partial charge in [0.05, 0.1) is 19.3 Å². The number of rotatable bonds is 6. The topological polar surface area (TPSA) is 90.4 Å². The molecule has 1 aromatic heterocycles. The molecule has 3 rings (SSSR count). The third kappa shape index (κ3) is 3.38. The van der Waals surface area contributed by atoms with Crippen molar-refractivity contribution in [2.75, 3.05) is 12.4 Å². The molecule has 0 aliphatic heterocycles. The Morgan fingerprint density at radius 2 is 2.00 bits per heavy atom. The molecular formula is C18H17N3O3. The summed E-state index contributed by atoms with van der Waals surface area (Å²) in [6.07, 6.45) is 0. The van der Waals surface area contributed by atoms with E-state index in [1.807, 2.05) is 36.4 Å². The molecule has 3 N–H and O–H groups in total. The van der Waals surface area contributed by atoms with Crippen molar-refractivity contribution in [1.29, 1.82) is 0 Å². The molecule has 24 heavy (non-hydrogen) atoms. The lowest BCUT2D eigenvalue weighted by Crippen LogP contribution is -2.11. The van der Waals surface area contributed by atoms with Crippen molar-refractivity contribution in [2.45, 2.75) is 6.54 Å². The van der Waals surface area contributed by atoms with Gasteiger partial charge >= 0.3 is 0 Å². The standard InChI is InChI=1S/C18H17N3O3/c1-23-17-8-7-13(18(19)22)9-16(17)20-11-14-10-15(21-24-14)12-5-3-2-4-6-12/h2-10,20H,11H2,1H3,(H2,19,22). The number of benzene rings is 2. The number of carbonyl (C=O) groups is 1. The second-order valence-corrected chi connectivity index (χ2v) is 5.18. The Morgan fingerprint density at radius 1 is 1.21 bits per heavy atom. The third-order valence-corrected chi connectivity index (χ3v) is 3.57. The van der Waals surface area contributed by atoms with Crippen molar-refractivity contribution in [1.82, 2.24) is 5.16 Å². The van der Waals surface area contributed by atoms with Gasteiger partial charge in [0.15, 0.2) is 5.76 Å². The zero-order chi connectivity index (χ0) is 16.9. The number of hydrogen-bond acceptors (Lipinski definition) is 5. The van der Waals surface area contributed by atoms with Crippen molar-refractivity contribution < 1.29 is 14.1 Å². The van der Waals surface area contributed by atoms with E-state index < -0.39 is 5.91 Å². The molecule has 0 fully saturated rings. The normalized spacial score (nSPS) is 10.4. The third-order valence-electron chi connectivity index (χ3n) is 3.57. The summed E-state index contributed by atoms with van der Waals surface area (Å²) in [7, 11) is 1.56. The molecule has 0 bridgehead atoms. The maximum absolute atomic E-state index is 11.3. The van der Waals surface area contributed by atoms with Crippen LogP contribution >= 0.6 is 0 Å². The van der Waals surface area contributed by atoms with E-state index in [0.717, 1.165) is 11.3 Å². The molecule has 0 spiro atoms. The molecular weight excluding hydrogens is 306 g/mol. The second-order valence-electron chi connectivity index (χ2n) is 5.18. The number of hydrogen-bond donors (Lipinski definition) is 2. The summed E-state index contributed by atoms with van der Waals surface area (Å²) in [6.45, 7) is 0.401. The summed E-state index contributed by atoms with van der Waals surface area (Å²) in [5, 5.41) is 7.24. The van der Waals surface area contributed by atoms with Gasteiger partial charge in [0, 0.05) is 17.2 Å². The van der Waals surface area contributed by atoms with Gasteiger partial charge in [-0.15, -0.1) is 0 Å². The van der Waals surface area contributed by atoms with Crippen molar-refractivity contribution in [3.8, 4) is 17.0 Å². The minimum Gasteiger partial charge on any atom is -0.495 e. The van der Waals surface area contributed by atoms with Crippen LogP contribution in [0.2, 0.25) is 0 Å². The van der Waals surface area contributed by atoms with E-state index in [1.54, 1.807) is 25.3 Å². The van der Waals surface area contributed by atoms with E-state index in [4.69, 9.17) is 15.0 Å². The van der Waals surface area contributed by atoms with Crippen molar-refractivity contribution in [3.63, 3.8) is 0 Å². The summed E-state index contributed by atoms with van der Waals surface area (Å²) in [5.41, 5.74) is 8.13. The van der Waals surface area contributed by atoms with E-state index in [0.29, 0.717) is 29.3 Å². The van der Waals surface area contributed by atoms with Crippen LogP contribution < -0.4 is 15.8 Å². The zero-order valence-electron chi connectivity index (χ0n) is 13.2. The average molecular weight is 323 g/mol. The van der Waals surface area contributed by atoms with Crippen LogP contribution in [0, 0.1) is 0 Å². The maximum Gasteiger partial charge on any atom is 0.248 e. The Bertz CT molecular complexity index is 844. The molecule has 0 saturated heterocycles. The fraction of sp³-hybridized carbons (Fsp3) is 0.111. The van der Waals surface area contributed by atoms with Gasteiger partial charge in [-0.2, -0.15) is 0 Å². The highest BCUT2D eigenvalue weighted by molar-refractivity contribution is 5.94. The van der Waals surface area contributed by atoms with E-state index in [1.165, 1.54) is 0 Å². The van der Waals surface area contributed by atoms with Gasteiger partial charge in [0.25, 0.3) is 0 Å². The number of nitrogens with two attached hydrogens (primary N) is 1. The van der Waals surface area contributed by atoms with Crippen LogP contribution in [0.5, 0.6) is 5.75 Å². The monoisotopic (exact) mass is 323 g/mol. The zero-order valence-corrected chi connectivity index (χ0v) is 13.2. The molecule has 1 amide bonds. The highest BCUT2D eigenvalue weighted by Crippen LogP contribution is 2.26. The van der Waals surface area contributed by atoms with Gasteiger partial charge in [-0.25, -0.2) is 0 Å². The Hall–Kier alpha value is -3.28. The molecule has 0 unspecified atom stereocenters. The molecule has 2 aromatic carbocycles. The molecule has 6 nitrogen and oxygen atoms in total. The predicted molar refractivity (Wildman–Crippen MR) is 90.8 cm³/mol. The maximum atomic E-state index is 11.3. The number of ether oxygens (including phenoxy) is 1. The van der Waals surface area contributed by atoms with E-state index in [2.05, 4.69) is 10.5 Å². The molecule has 0 aliphatic rings. The number of anilines is 1. The van der Waals surface area contributed by atoms with Gasteiger partial charge < -0.3 is 20.3 Å². The van der Waals surface area contributed by atoms with Gasteiger partial charge in [-0.05, 0) is 18.2 Å². The van der Waals surface area contributed by atoms with Crippen LogP contribution in [0.25, 0.3) is 11.3 Å². The molecule has 0 radical (unpaired) electrons. The van der Waals surface area contributed by atoms with E-state index >= 15 is 0 Å². The number of primary amides is 1. The first kappa shape index (κ1) is 15.6. The lowest BCUT2D eigenvalue weighted by Gasteiger charge is -2.10. The highest BCUT2D eigenvalue weighted by Gasteiger charge is 2.10. The molecule has 1 heterocycles. The smallest absolute Gasteiger partial charge is 0.248 e. The highest BCUT2D eigenvalue weighted by atomic mass is 16.5. The van der Waals surface area contributed by atoms with Gasteiger partial charge in [0.1, 0.15) is 11.4 Å². The molecule has 6 heteroatoms. The van der Waals surface area contributed by atoms with Crippen molar-refractivity contribution in [2.24, 2.45) is 5.73 Å². The van der Waals surface area contributed by atoms with E-state index in [9.17, 15) is 4.79 Å². The van der Waals surface area contributed by atoms with E-state index in [-0.39, 0.29) is 0 Å². The number of aromatic nitrogens is 1. The van der Waals surface area contributed by atoms with Crippen molar-refractivity contribution in [3.05, 3.63) is 65.9 Å². The molecule has 0 atom stereocenters. The molecule has 0 aliphatic carbocycles. The minimum absolute atomic E-state index is 0.401. The van der Waals surface area contributed by atoms with Crippen LogP contribution in [0.15, 0.2) is 59.1 Å². The number of nitrogens with one attached hydrogen (secondary N) is 1. The number of nitrogens with zero attached hydrogens (tertiary/aromatic N) is 1. The van der Waals surface area contributed by atoms with Gasteiger partial charge in [0.2, 0.25) is 5.91 Å². The van der Waals surface area contributed by atoms with Crippen molar-refractivity contribution >= 4 is 11.6 Å². The summed E-state index contributed by atoms with van der Waals surface area (Å²) in [6, 6.07) is 16.6. The first-order valence-electron chi connectivity index (χ1n) is 7.40. The van der Waals surface area contributed by atoms with Crippen LogP contribution in [0.4, 0.5) is 5.69 Å². The first-order chi connectivity index (χ1) is 11.7. The molecule has 0 saturated carbocycles. The summed E-state index contributed by atoms with van der Waals surface area (Å²) in [4.78, 5) is 11.3. The predicted octanol–water partition coefficient (Wildman–Crippen LogP) is 3.06. The number of carbonyl (C=O) groups excluding carboxylic acids is 1. The Kier molecular flexibility index (Phi) is 4.47. The largest absolute Gasteiger partial charge is 0.495 e.